The van der Waals surface area contributed by atoms with Gasteiger partial charge in [0.15, 0.2) is 0 Å². The largest absolute Gasteiger partial charge is 0.384 e. The first-order chi connectivity index (χ1) is 8.65. The minimum atomic E-state index is -0.124. The van der Waals surface area contributed by atoms with E-state index < -0.39 is 0 Å². The summed E-state index contributed by atoms with van der Waals surface area (Å²) in [6.45, 7) is 3.05. The molecule has 0 aliphatic heterocycles. The Morgan fingerprint density at radius 1 is 1.37 bits per heavy atom. The normalized spacial score (nSPS) is 22.4. The minimum Gasteiger partial charge on any atom is -0.384 e. The Kier molecular flexibility index (Phi) is 6.09. The van der Waals surface area contributed by atoms with Gasteiger partial charge in [0.1, 0.15) is 11.5 Å². The van der Waals surface area contributed by atoms with E-state index in [1.165, 1.54) is 25.7 Å². The van der Waals surface area contributed by atoms with Crippen molar-refractivity contribution in [1.29, 1.82) is 0 Å². The van der Waals surface area contributed by atoms with Crippen LogP contribution in [0.1, 0.15) is 43.1 Å². The van der Waals surface area contributed by atoms with E-state index in [1.807, 2.05) is 0 Å². The number of nitrogens with two attached hydrogens (primary N) is 1. The van der Waals surface area contributed by atoms with Crippen LogP contribution in [0.4, 0.5) is 5.82 Å². The van der Waals surface area contributed by atoms with Crippen molar-refractivity contribution in [1.82, 2.24) is 10.3 Å². The Balaban J connectivity index is 0.00000180. The number of anilines is 1. The molecule has 0 unspecified atom stereocenters. The lowest BCUT2D eigenvalue weighted by molar-refractivity contribution is 0.0937. The van der Waals surface area contributed by atoms with E-state index in [0.717, 1.165) is 12.5 Å². The molecule has 1 heterocycles. The number of aromatic nitrogens is 1. The van der Waals surface area contributed by atoms with Crippen LogP contribution in [0.3, 0.4) is 0 Å². The molecular weight excluding hydrogens is 262 g/mol. The highest BCUT2D eigenvalue weighted by Gasteiger charge is 2.19. The first-order valence-electron chi connectivity index (χ1n) is 6.66. The van der Waals surface area contributed by atoms with E-state index in [1.54, 1.807) is 18.2 Å². The highest BCUT2D eigenvalue weighted by Crippen LogP contribution is 2.27. The number of carbonyl (C=O) groups excluding carboxylic acids is 1. The topological polar surface area (TPSA) is 68.0 Å². The quantitative estimate of drug-likeness (QED) is 0.896. The fourth-order valence-corrected chi connectivity index (χ4v) is 2.44. The summed E-state index contributed by atoms with van der Waals surface area (Å²) >= 11 is 0. The lowest BCUT2D eigenvalue weighted by atomic mass is 9.83. The number of pyridine rings is 1. The van der Waals surface area contributed by atoms with Gasteiger partial charge >= 0.3 is 0 Å². The SMILES string of the molecule is CC1CCC(CNC(=O)c2cccc(N)n2)CC1.Cl. The van der Waals surface area contributed by atoms with Gasteiger partial charge in [0, 0.05) is 6.54 Å². The Hall–Kier alpha value is -1.29. The third kappa shape index (κ3) is 4.71. The van der Waals surface area contributed by atoms with Crippen LogP contribution in [0.2, 0.25) is 0 Å². The first-order valence-corrected chi connectivity index (χ1v) is 6.66. The number of nitrogens with one attached hydrogen (secondary N) is 1. The van der Waals surface area contributed by atoms with E-state index in [2.05, 4.69) is 17.2 Å². The fourth-order valence-electron chi connectivity index (χ4n) is 2.44. The minimum absolute atomic E-state index is 0. The highest BCUT2D eigenvalue weighted by atomic mass is 35.5. The van der Waals surface area contributed by atoms with Gasteiger partial charge in [0.05, 0.1) is 0 Å². The van der Waals surface area contributed by atoms with Gasteiger partial charge in [-0.1, -0.05) is 25.8 Å². The van der Waals surface area contributed by atoms with Gasteiger partial charge in [0.25, 0.3) is 5.91 Å². The van der Waals surface area contributed by atoms with Crippen LogP contribution in [-0.4, -0.2) is 17.4 Å². The van der Waals surface area contributed by atoms with Crippen LogP contribution < -0.4 is 11.1 Å². The molecule has 4 nitrogen and oxygen atoms in total. The van der Waals surface area contributed by atoms with Crippen LogP contribution in [-0.2, 0) is 0 Å². The molecule has 1 aliphatic carbocycles. The molecule has 1 fully saturated rings. The van der Waals surface area contributed by atoms with Crippen molar-refractivity contribution >= 4 is 24.1 Å². The second-order valence-electron chi connectivity index (χ2n) is 5.28. The Labute approximate surface area is 120 Å². The number of hydrogen-bond donors (Lipinski definition) is 2. The Morgan fingerprint density at radius 2 is 2.05 bits per heavy atom. The Morgan fingerprint density at radius 3 is 2.68 bits per heavy atom. The van der Waals surface area contributed by atoms with E-state index in [4.69, 9.17) is 5.73 Å². The van der Waals surface area contributed by atoms with E-state index in [0.29, 0.717) is 17.4 Å². The standard InChI is InChI=1S/C14H21N3O.ClH/c1-10-5-7-11(8-6-10)9-16-14(18)12-3-2-4-13(15)17-12;/h2-4,10-11H,5-9H2,1H3,(H2,15,17)(H,16,18);1H. The molecule has 19 heavy (non-hydrogen) atoms. The number of rotatable bonds is 3. The molecule has 0 spiro atoms. The van der Waals surface area contributed by atoms with E-state index >= 15 is 0 Å². The molecule has 1 aromatic rings. The average Bonchev–Trinajstić information content (AvgIpc) is 2.38. The van der Waals surface area contributed by atoms with Gasteiger partial charge < -0.3 is 11.1 Å². The maximum absolute atomic E-state index is 11.9. The monoisotopic (exact) mass is 283 g/mol. The maximum Gasteiger partial charge on any atom is 0.269 e. The second-order valence-corrected chi connectivity index (χ2v) is 5.28. The first kappa shape index (κ1) is 15.8. The molecule has 0 atom stereocenters. The summed E-state index contributed by atoms with van der Waals surface area (Å²) < 4.78 is 0. The summed E-state index contributed by atoms with van der Waals surface area (Å²) in [5.41, 5.74) is 5.96. The fraction of sp³-hybridized carbons (Fsp3) is 0.571. The molecule has 1 aromatic heterocycles. The molecular formula is C14H22ClN3O. The third-order valence-electron chi connectivity index (χ3n) is 3.69. The van der Waals surface area contributed by atoms with Gasteiger partial charge in [0.2, 0.25) is 0 Å². The van der Waals surface area contributed by atoms with Crippen molar-refractivity contribution < 1.29 is 4.79 Å². The van der Waals surface area contributed by atoms with Gasteiger partial charge in [-0.2, -0.15) is 0 Å². The molecule has 3 N–H and O–H groups in total. The summed E-state index contributed by atoms with van der Waals surface area (Å²) in [5, 5.41) is 2.95. The lowest BCUT2D eigenvalue weighted by Crippen LogP contribution is -2.31. The molecule has 1 aliphatic rings. The maximum atomic E-state index is 11.9. The Bertz CT molecular complexity index is 417. The molecule has 106 valence electrons. The summed E-state index contributed by atoms with van der Waals surface area (Å²) in [6.07, 6.45) is 4.98. The van der Waals surface area contributed by atoms with Crippen molar-refractivity contribution in [3.63, 3.8) is 0 Å². The summed E-state index contributed by atoms with van der Waals surface area (Å²) in [4.78, 5) is 15.9. The number of halogens is 1. The summed E-state index contributed by atoms with van der Waals surface area (Å²) in [6, 6.07) is 5.12. The molecule has 0 bridgehead atoms. The third-order valence-corrected chi connectivity index (χ3v) is 3.69. The van der Waals surface area contributed by atoms with Crippen LogP contribution in [0.5, 0.6) is 0 Å². The molecule has 0 aromatic carbocycles. The number of carbonyl (C=O) groups is 1. The smallest absolute Gasteiger partial charge is 0.269 e. The van der Waals surface area contributed by atoms with Gasteiger partial charge in [-0.15, -0.1) is 12.4 Å². The van der Waals surface area contributed by atoms with Crippen LogP contribution in [0.25, 0.3) is 0 Å². The van der Waals surface area contributed by atoms with Crippen LogP contribution in [0.15, 0.2) is 18.2 Å². The van der Waals surface area contributed by atoms with Gasteiger partial charge in [-0.25, -0.2) is 4.98 Å². The van der Waals surface area contributed by atoms with Crippen LogP contribution in [0, 0.1) is 11.8 Å². The van der Waals surface area contributed by atoms with E-state index in [-0.39, 0.29) is 18.3 Å². The predicted octanol–water partition coefficient (Wildman–Crippen LogP) is 2.64. The molecule has 5 heteroatoms. The molecule has 1 saturated carbocycles. The number of amides is 1. The van der Waals surface area contributed by atoms with Gasteiger partial charge in [-0.05, 0) is 36.8 Å². The second kappa shape index (κ2) is 7.34. The number of nitrogen functional groups attached to an aromatic ring is 1. The zero-order valence-electron chi connectivity index (χ0n) is 11.3. The van der Waals surface area contributed by atoms with Crippen molar-refractivity contribution in [3.8, 4) is 0 Å². The highest BCUT2D eigenvalue weighted by molar-refractivity contribution is 5.92. The molecule has 1 amide bonds. The van der Waals surface area contributed by atoms with E-state index in [9.17, 15) is 4.79 Å². The predicted molar refractivity (Wildman–Crippen MR) is 79.4 cm³/mol. The average molecular weight is 284 g/mol. The van der Waals surface area contributed by atoms with Crippen molar-refractivity contribution in [3.05, 3.63) is 23.9 Å². The van der Waals surface area contributed by atoms with Gasteiger partial charge in [-0.3, -0.25) is 4.79 Å². The number of hydrogen-bond acceptors (Lipinski definition) is 3. The van der Waals surface area contributed by atoms with Crippen molar-refractivity contribution in [2.24, 2.45) is 11.8 Å². The summed E-state index contributed by atoms with van der Waals surface area (Å²) in [7, 11) is 0. The van der Waals surface area contributed by atoms with Crippen molar-refractivity contribution in [2.75, 3.05) is 12.3 Å². The molecule has 2 rings (SSSR count). The molecule has 0 radical (unpaired) electrons. The number of nitrogens with zero attached hydrogens (tertiary/aromatic N) is 1. The molecule has 0 saturated heterocycles. The lowest BCUT2D eigenvalue weighted by Gasteiger charge is -2.26. The zero-order valence-corrected chi connectivity index (χ0v) is 12.1. The van der Waals surface area contributed by atoms with Crippen LogP contribution >= 0.6 is 12.4 Å². The van der Waals surface area contributed by atoms with Crippen molar-refractivity contribution in [2.45, 2.75) is 32.6 Å². The zero-order chi connectivity index (χ0) is 13.0. The summed E-state index contributed by atoms with van der Waals surface area (Å²) in [5.74, 6) is 1.72.